The molecule has 0 bridgehead atoms. The van der Waals surface area contributed by atoms with Gasteiger partial charge in [0.25, 0.3) is 5.91 Å². The summed E-state index contributed by atoms with van der Waals surface area (Å²) >= 11 is 0. The molecule has 0 spiro atoms. The molecule has 1 heterocycles. The number of benzene rings is 3. The van der Waals surface area contributed by atoms with Gasteiger partial charge in [-0.05, 0) is 48.2 Å². The zero-order valence-corrected chi connectivity index (χ0v) is 21.6. The summed E-state index contributed by atoms with van der Waals surface area (Å²) in [4.78, 5) is 43.0. The number of para-hydroxylation sites is 1. The van der Waals surface area contributed by atoms with Crippen LogP contribution in [0.4, 0.5) is 5.69 Å². The van der Waals surface area contributed by atoms with E-state index >= 15 is 0 Å². The summed E-state index contributed by atoms with van der Waals surface area (Å²) in [5.41, 5.74) is 2.82. The van der Waals surface area contributed by atoms with Crippen LogP contribution in [0.1, 0.15) is 53.6 Å². The number of carboxylic acids is 1. The fourth-order valence-electron chi connectivity index (χ4n) is 5.51. The van der Waals surface area contributed by atoms with Crippen molar-refractivity contribution in [1.82, 2.24) is 10.3 Å². The molecular formula is C32H31N3O4. The Kier molecular flexibility index (Phi) is 7.68. The number of hydrogen-bond donors (Lipinski definition) is 3. The predicted molar refractivity (Wildman–Crippen MR) is 151 cm³/mol. The minimum absolute atomic E-state index is 0.134. The Morgan fingerprint density at radius 1 is 0.846 bits per heavy atom. The number of nitrogens with one attached hydrogen (secondary N) is 2. The van der Waals surface area contributed by atoms with E-state index in [0.29, 0.717) is 24.1 Å². The molecule has 39 heavy (non-hydrogen) atoms. The quantitative estimate of drug-likeness (QED) is 0.284. The van der Waals surface area contributed by atoms with Crippen molar-refractivity contribution in [2.75, 3.05) is 5.32 Å². The molecule has 0 radical (unpaired) electrons. The summed E-state index contributed by atoms with van der Waals surface area (Å²) in [5.74, 6) is -1.56. The van der Waals surface area contributed by atoms with Crippen molar-refractivity contribution >= 4 is 34.4 Å². The molecule has 198 valence electrons. The van der Waals surface area contributed by atoms with Crippen molar-refractivity contribution in [2.45, 2.75) is 50.0 Å². The van der Waals surface area contributed by atoms with Gasteiger partial charge in [-0.15, -0.1) is 0 Å². The third kappa shape index (κ3) is 5.67. The van der Waals surface area contributed by atoms with E-state index in [1.165, 1.54) is 0 Å². The second-order valence-electron chi connectivity index (χ2n) is 10.1. The third-order valence-corrected chi connectivity index (χ3v) is 7.62. The molecule has 3 aromatic carbocycles. The molecule has 0 aliphatic heterocycles. The first kappa shape index (κ1) is 26.1. The van der Waals surface area contributed by atoms with Gasteiger partial charge >= 0.3 is 5.97 Å². The average molecular weight is 522 g/mol. The number of pyridine rings is 1. The van der Waals surface area contributed by atoms with Crippen molar-refractivity contribution < 1.29 is 19.5 Å². The summed E-state index contributed by atoms with van der Waals surface area (Å²) < 4.78 is 0. The minimum Gasteiger partial charge on any atom is -0.480 e. The van der Waals surface area contributed by atoms with Crippen LogP contribution in [0.15, 0.2) is 91.1 Å². The normalized spacial score (nSPS) is 15.3. The number of carbonyl (C=O) groups is 3. The van der Waals surface area contributed by atoms with Crippen LogP contribution in [0.3, 0.4) is 0 Å². The van der Waals surface area contributed by atoms with E-state index in [9.17, 15) is 19.5 Å². The summed E-state index contributed by atoms with van der Waals surface area (Å²) in [5, 5.41) is 16.5. The fraction of sp³-hybridized carbons (Fsp3) is 0.250. The van der Waals surface area contributed by atoms with Crippen molar-refractivity contribution in [2.24, 2.45) is 0 Å². The molecule has 1 atom stereocenters. The summed E-state index contributed by atoms with van der Waals surface area (Å²) in [6.07, 6.45) is 6.09. The summed E-state index contributed by atoms with van der Waals surface area (Å²) in [6.45, 7) is 0. The highest BCUT2D eigenvalue weighted by Crippen LogP contribution is 2.39. The molecule has 1 fully saturated rings. The molecule has 0 unspecified atom stereocenters. The lowest BCUT2D eigenvalue weighted by Gasteiger charge is -2.37. The molecule has 4 aromatic rings. The molecular weight excluding hydrogens is 490 g/mol. The van der Waals surface area contributed by atoms with Gasteiger partial charge < -0.3 is 15.7 Å². The number of hydrogen-bond acceptors (Lipinski definition) is 4. The lowest BCUT2D eigenvalue weighted by molar-refractivity contribution is -0.143. The molecule has 7 nitrogen and oxygen atoms in total. The van der Waals surface area contributed by atoms with Gasteiger partial charge in [-0.1, -0.05) is 79.9 Å². The first-order chi connectivity index (χ1) is 19.0. The Hall–Kier alpha value is -4.52. The van der Waals surface area contributed by atoms with Gasteiger partial charge in [0.15, 0.2) is 0 Å². The van der Waals surface area contributed by atoms with Gasteiger partial charge in [-0.25, -0.2) is 4.79 Å². The highest BCUT2D eigenvalue weighted by atomic mass is 16.4. The van der Waals surface area contributed by atoms with Gasteiger partial charge in [0.1, 0.15) is 6.04 Å². The van der Waals surface area contributed by atoms with E-state index in [0.717, 1.165) is 41.3 Å². The number of amides is 2. The Balaban J connectivity index is 1.28. The topological polar surface area (TPSA) is 108 Å². The maximum absolute atomic E-state index is 13.6. The van der Waals surface area contributed by atoms with Crippen LogP contribution in [-0.2, 0) is 21.4 Å². The highest BCUT2D eigenvalue weighted by Gasteiger charge is 2.42. The van der Waals surface area contributed by atoms with Crippen LogP contribution in [0.25, 0.3) is 10.9 Å². The molecule has 3 N–H and O–H groups in total. The van der Waals surface area contributed by atoms with Crippen LogP contribution < -0.4 is 10.6 Å². The first-order valence-electron chi connectivity index (χ1n) is 13.3. The number of nitrogens with zero attached hydrogens (tertiary/aromatic N) is 1. The Labute approximate surface area is 227 Å². The van der Waals surface area contributed by atoms with E-state index < -0.39 is 17.4 Å². The first-order valence-corrected chi connectivity index (χ1v) is 13.3. The molecule has 0 saturated heterocycles. The summed E-state index contributed by atoms with van der Waals surface area (Å²) in [7, 11) is 0. The second-order valence-corrected chi connectivity index (χ2v) is 10.1. The molecule has 2 amide bonds. The number of carbonyl (C=O) groups excluding carboxylic acids is 2. The molecule has 1 saturated carbocycles. The Bertz CT molecular complexity index is 1470. The van der Waals surface area contributed by atoms with E-state index in [4.69, 9.17) is 0 Å². The number of carboxylic acid groups (broad SMARTS) is 1. The number of fused-ring (bicyclic) bond motifs is 1. The maximum atomic E-state index is 13.6. The molecule has 1 aromatic heterocycles. The third-order valence-electron chi connectivity index (χ3n) is 7.62. The largest absolute Gasteiger partial charge is 0.480 e. The van der Waals surface area contributed by atoms with Crippen LogP contribution >= 0.6 is 0 Å². The summed E-state index contributed by atoms with van der Waals surface area (Å²) in [6, 6.07) is 24.8. The second kappa shape index (κ2) is 11.5. The average Bonchev–Trinajstić information content (AvgIpc) is 2.98. The SMILES string of the molecule is O=C(Nc1ccc(C[C@H](NC(=O)C2(c3ccccc3)CCCCC2)C(=O)O)cc1)c1ccnc2ccccc12. The number of aromatic nitrogens is 1. The molecule has 5 rings (SSSR count). The van der Waals surface area contributed by atoms with Gasteiger partial charge in [0.2, 0.25) is 5.91 Å². The van der Waals surface area contributed by atoms with E-state index in [-0.39, 0.29) is 18.2 Å². The number of aliphatic carboxylic acids is 1. The zero-order valence-electron chi connectivity index (χ0n) is 21.6. The Morgan fingerprint density at radius 2 is 1.54 bits per heavy atom. The van der Waals surface area contributed by atoms with Crippen molar-refractivity contribution in [3.8, 4) is 0 Å². The monoisotopic (exact) mass is 521 g/mol. The van der Waals surface area contributed by atoms with Crippen LogP contribution in [0, 0.1) is 0 Å². The standard InChI is InChI=1S/C32H31N3O4/c36-29(26-17-20-33-27-12-6-5-11-25(26)27)34-24-15-13-22(14-16-24)21-28(30(37)38)35-31(39)32(18-7-2-8-19-32)23-9-3-1-4-10-23/h1,3-6,9-17,20,28H,2,7-8,18-19,21H2,(H,34,36)(H,35,39)(H,37,38)/t28-/m0/s1. The van der Waals surface area contributed by atoms with Crippen LogP contribution in [-0.4, -0.2) is 33.9 Å². The van der Waals surface area contributed by atoms with E-state index in [1.54, 1.807) is 36.5 Å². The Morgan fingerprint density at radius 3 is 2.26 bits per heavy atom. The van der Waals surface area contributed by atoms with Crippen molar-refractivity contribution in [1.29, 1.82) is 0 Å². The fourth-order valence-corrected chi connectivity index (χ4v) is 5.51. The predicted octanol–water partition coefficient (Wildman–Crippen LogP) is 5.50. The molecule has 7 heteroatoms. The molecule has 1 aliphatic rings. The van der Waals surface area contributed by atoms with Crippen molar-refractivity contribution in [3.63, 3.8) is 0 Å². The number of rotatable bonds is 8. The highest BCUT2D eigenvalue weighted by molar-refractivity contribution is 6.12. The lowest BCUT2D eigenvalue weighted by atomic mass is 9.68. The smallest absolute Gasteiger partial charge is 0.326 e. The maximum Gasteiger partial charge on any atom is 0.326 e. The number of anilines is 1. The van der Waals surface area contributed by atoms with Gasteiger partial charge in [-0.3, -0.25) is 14.6 Å². The zero-order chi connectivity index (χ0) is 27.2. The van der Waals surface area contributed by atoms with Gasteiger partial charge in [0.05, 0.1) is 16.5 Å². The van der Waals surface area contributed by atoms with E-state index in [1.807, 2.05) is 54.6 Å². The van der Waals surface area contributed by atoms with Gasteiger partial charge in [-0.2, -0.15) is 0 Å². The van der Waals surface area contributed by atoms with Crippen molar-refractivity contribution in [3.05, 3.63) is 108 Å². The lowest BCUT2D eigenvalue weighted by Crippen LogP contribution is -2.52. The van der Waals surface area contributed by atoms with Gasteiger partial charge in [0, 0.05) is 23.7 Å². The van der Waals surface area contributed by atoms with E-state index in [2.05, 4.69) is 15.6 Å². The van der Waals surface area contributed by atoms with Crippen LogP contribution in [0.5, 0.6) is 0 Å². The minimum atomic E-state index is -1.08. The molecule has 1 aliphatic carbocycles. The van der Waals surface area contributed by atoms with Crippen LogP contribution in [0.2, 0.25) is 0 Å².